The van der Waals surface area contributed by atoms with Crippen molar-refractivity contribution in [1.29, 1.82) is 0 Å². The van der Waals surface area contributed by atoms with Gasteiger partial charge in [-0.1, -0.05) is 36.4 Å². The molecule has 0 aliphatic carbocycles. The molecule has 1 aliphatic rings. The van der Waals surface area contributed by atoms with Crippen LogP contribution in [0.4, 0.5) is 0 Å². The van der Waals surface area contributed by atoms with Crippen LogP contribution in [0.25, 0.3) is 23.1 Å². The number of hydrogen-bond donors (Lipinski definition) is 2. The SMILES string of the molecule is C[C@H]1CN(C(=O)c2ccc(C=Cc3n[nH]c4ccccc34)cc2)CCN1.Cl.Cl. The fraction of sp³-hybridized carbons (Fsp3) is 0.238. The molecule has 0 radical (unpaired) electrons. The molecule has 1 aromatic heterocycles. The summed E-state index contributed by atoms with van der Waals surface area (Å²) < 4.78 is 0. The summed E-state index contributed by atoms with van der Waals surface area (Å²) in [5, 5.41) is 11.8. The van der Waals surface area contributed by atoms with E-state index >= 15 is 0 Å². The van der Waals surface area contributed by atoms with Gasteiger partial charge in [0.2, 0.25) is 0 Å². The first-order valence-corrected chi connectivity index (χ1v) is 8.94. The first-order valence-electron chi connectivity index (χ1n) is 8.94. The summed E-state index contributed by atoms with van der Waals surface area (Å²) in [4.78, 5) is 14.5. The fourth-order valence-electron chi connectivity index (χ4n) is 3.32. The highest BCUT2D eigenvalue weighted by atomic mass is 35.5. The number of carbonyl (C=O) groups excluding carboxylic acids is 1. The zero-order valence-electron chi connectivity index (χ0n) is 15.6. The second-order valence-electron chi connectivity index (χ2n) is 6.72. The molecule has 0 spiro atoms. The zero-order chi connectivity index (χ0) is 17.9. The minimum absolute atomic E-state index is 0. The summed E-state index contributed by atoms with van der Waals surface area (Å²) in [5.74, 6) is 0.104. The molecule has 148 valence electrons. The van der Waals surface area contributed by atoms with Crippen molar-refractivity contribution < 1.29 is 4.79 Å². The van der Waals surface area contributed by atoms with Crippen molar-refractivity contribution in [3.05, 3.63) is 65.4 Å². The zero-order valence-corrected chi connectivity index (χ0v) is 17.2. The van der Waals surface area contributed by atoms with Gasteiger partial charge >= 0.3 is 0 Å². The maximum Gasteiger partial charge on any atom is 0.253 e. The molecule has 0 unspecified atom stereocenters. The van der Waals surface area contributed by atoms with Gasteiger partial charge in [0.05, 0.1) is 11.2 Å². The summed E-state index contributed by atoms with van der Waals surface area (Å²) in [6.45, 7) is 4.47. The molecule has 2 N–H and O–H groups in total. The van der Waals surface area contributed by atoms with Crippen molar-refractivity contribution in [2.45, 2.75) is 13.0 Å². The number of carbonyl (C=O) groups is 1. The van der Waals surface area contributed by atoms with Gasteiger partial charge in [-0.2, -0.15) is 5.10 Å². The first kappa shape index (κ1) is 22.0. The Morgan fingerprint density at radius 1 is 1.11 bits per heavy atom. The van der Waals surface area contributed by atoms with Crippen LogP contribution >= 0.6 is 24.8 Å². The number of hydrogen-bond acceptors (Lipinski definition) is 3. The van der Waals surface area contributed by atoms with Crippen LogP contribution in [-0.4, -0.2) is 46.7 Å². The number of amides is 1. The summed E-state index contributed by atoms with van der Waals surface area (Å²) in [6, 6.07) is 16.2. The maximum atomic E-state index is 12.6. The minimum Gasteiger partial charge on any atom is -0.336 e. The Morgan fingerprint density at radius 3 is 2.61 bits per heavy atom. The lowest BCUT2D eigenvalue weighted by molar-refractivity contribution is 0.0709. The van der Waals surface area contributed by atoms with E-state index in [1.54, 1.807) is 0 Å². The third kappa shape index (κ3) is 4.73. The number of nitrogens with one attached hydrogen (secondary N) is 2. The molecule has 7 heteroatoms. The standard InChI is InChI=1S/C21H22N4O.2ClH/c1-15-14-25(13-12-22-15)21(26)17-9-6-16(7-10-17)8-11-20-18-4-2-3-5-19(18)23-24-20;;/h2-11,15,22H,12-14H2,1H3,(H,23,24);2*1H/t15-;;/m0../s1. The average molecular weight is 419 g/mol. The number of aromatic nitrogens is 2. The van der Waals surface area contributed by atoms with E-state index < -0.39 is 0 Å². The second kappa shape index (κ2) is 9.73. The Balaban J connectivity index is 0.00000140. The Morgan fingerprint density at radius 2 is 1.86 bits per heavy atom. The van der Waals surface area contributed by atoms with Gasteiger partial charge in [-0.3, -0.25) is 9.89 Å². The molecule has 2 heterocycles. The van der Waals surface area contributed by atoms with Gasteiger partial charge in [0.1, 0.15) is 0 Å². The van der Waals surface area contributed by atoms with E-state index in [1.165, 1.54) is 0 Å². The second-order valence-corrected chi connectivity index (χ2v) is 6.72. The Kier molecular flexibility index (Phi) is 7.63. The first-order chi connectivity index (χ1) is 12.7. The molecule has 2 aromatic carbocycles. The molecule has 1 aliphatic heterocycles. The van der Waals surface area contributed by atoms with Crippen LogP contribution in [0.3, 0.4) is 0 Å². The predicted molar refractivity (Wildman–Crippen MR) is 119 cm³/mol. The van der Waals surface area contributed by atoms with Crippen LogP contribution in [0.1, 0.15) is 28.5 Å². The number of nitrogens with zero attached hydrogens (tertiary/aromatic N) is 2. The van der Waals surface area contributed by atoms with Crippen molar-refractivity contribution in [2.24, 2.45) is 0 Å². The van der Waals surface area contributed by atoms with E-state index in [0.717, 1.165) is 47.4 Å². The highest BCUT2D eigenvalue weighted by Crippen LogP contribution is 2.18. The van der Waals surface area contributed by atoms with Crippen molar-refractivity contribution in [3.63, 3.8) is 0 Å². The smallest absolute Gasteiger partial charge is 0.253 e. The van der Waals surface area contributed by atoms with Crippen LogP contribution in [0.2, 0.25) is 0 Å². The number of aromatic amines is 1. The molecule has 28 heavy (non-hydrogen) atoms. The summed E-state index contributed by atoms with van der Waals surface area (Å²) in [5.41, 5.74) is 3.72. The fourth-order valence-corrected chi connectivity index (χ4v) is 3.32. The molecule has 1 amide bonds. The van der Waals surface area contributed by atoms with E-state index in [9.17, 15) is 4.79 Å². The van der Waals surface area contributed by atoms with E-state index in [2.05, 4.69) is 28.5 Å². The molecular weight excluding hydrogens is 395 g/mol. The van der Waals surface area contributed by atoms with E-state index in [-0.39, 0.29) is 30.7 Å². The van der Waals surface area contributed by atoms with Crippen LogP contribution in [0, 0.1) is 0 Å². The van der Waals surface area contributed by atoms with Crippen LogP contribution < -0.4 is 5.32 Å². The lowest BCUT2D eigenvalue weighted by Crippen LogP contribution is -2.51. The van der Waals surface area contributed by atoms with Crippen LogP contribution in [0.15, 0.2) is 48.5 Å². The van der Waals surface area contributed by atoms with E-state index in [1.807, 2.05) is 59.5 Å². The van der Waals surface area contributed by atoms with Gasteiger partial charge in [0, 0.05) is 36.6 Å². The molecule has 0 saturated carbocycles. The van der Waals surface area contributed by atoms with Gasteiger partial charge in [-0.25, -0.2) is 0 Å². The molecule has 3 aromatic rings. The number of halogens is 2. The van der Waals surface area contributed by atoms with Crippen molar-refractivity contribution in [2.75, 3.05) is 19.6 Å². The number of piperazine rings is 1. The van der Waals surface area contributed by atoms with Gasteiger partial charge < -0.3 is 10.2 Å². The highest BCUT2D eigenvalue weighted by Gasteiger charge is 2.21. The largest absolute Gasteiger partial charge is 0.336 e. The summed E-state index contributed by atoms with van der Waals surface area (Å²) in [6.07, 6.45) is 4.01. The molecule has 5 nitrogen and oxygen atoms in total. The van der Waals surface area contributed by atoms with Crippen molar-refractivity contribution >= 4 is 53.8 Å². The molecule has 1 atom stereocenters. The molecule has 0 bridgehead atoms. The Labute approximate surface area is 177 Å². The average Bonchev–Trinajstić information content (AvgIpc) is 3.09. The van der Waals surface area contributed by atoms with Gasteiger partial charge in [0.15, 0.2) is 0 Å². The predicted octanol–water partition coefficient (Wildman–Crippen LogP) is 4.01. The molecular formula is C21H24Cl2N4O. The Bertz CT molecular complexity index is 952. The molecule has 1 saturated heterocycles. The topological polar surface area (TPSA) is 61.0 Å². The number of benzene rings is 2. The third-order valence-corrected chi connectivity index (χ3v) is 4.75. The highest BCUT2D eigenvalue weighted by molar-refractivity contribution is 5.95. The normalized spacial score (nSPS) is 16.6. The maximum absolute atomic E-state index is 12.6. The van der Waals surface area contributed by atoms with Crippen LogP contribution in [0.5, 0.6) is 0 Å². The van der Waals surface area contributed by atoms with Crippen molar-refractivity contribution in [3.8, 4) is 0 Å². The van der Waals surface area contributed by atoms with E-state index in [0.29, 0.717) is 6.04 Å². The monoisotopic (exact) mass is 418 g/mol. The Hall–Kier alpha value is -2.34. The summed E-state index contributed by atoms with van der Waals surface area (Å²) >= 11 is 0. The van der Waals surface area contributed by atoms with Crippen molar-refractivity contribution in [1.82, 2.24) is 20.4 Å². The van der Waals surface area contributed by atoms with E-state index in [4.69, 9.17) is 0 Å². The number of H-pyrrole nitrogens is 1. The molecule has 4 rings (SSSR count). The number of fused-ring (bicyclic) bond motifs is 1. The lowest BCUT2D eigenvalue weighted by Gasteiger charge is -2.32. The summed E-state index contributed by atoms with van der Waals surface area (Å²) in [7, 11) is 0. The lowest BCUT2D eigenvalue weighted by atomic mass is 10.1. The quantitative estimate of drug-likeness (QED) is 0.675. The van der Waals surface area contributed by atoms with Gasteiger partial charge in [-0.05, 0) is 36.8 Å². The third-order valence-electron chi connectivity index (χ3n) is 4.75. The number of para-hydroxylation sites is 1. The van der Waals surface area contributed by atoms with Gasteiger partial charge in [-0.15, -0.1) is 24.8 Å². The van der Waals surface area contributed by atoms with Gasteiger partial charge in [0.25, 0.3) is 5.91 Å². The minimum atomic E-state index is 0. The number of rotatable bonds is 3. The van der Waals surface area contributed by atoms with Crippen LogP contribution in [-0.2, 0) is 0 Å². The molecule has 1 fully saturated rings.